The highest BCUT2D eigenvalue weighted by molar-refractivity contribution is 6.32. The van der Waals surface area contributed by atoms with E-state index in [0.717, 1.165) is 11.3 Å². The zero-order valence-corrected chi connectivity index (χ0v) is 21.5. The van der Waals surface area contributed by atoms with Gasteiger partial charge in [0.15, 0.2) is 6.61 Å². The maximum absolute atomic E-state index is 12.3. The molecule has 0 bridgehead atoms. The highest BCUT2D eigenvalue weighted by atomic mass is 35.5. The molecular weight excluding hydrogens is 498 g/mol. The van der Waals surface area contributed by atoms with E-state index in [1.54, 1.807) is 42.5 Å². The lowest BCUT2D eigenvalue weighted by molar-refractivity contribution is -0.123. The van der Waals surface area contributed by atoms with Gasteiger partial charge in [-0.15, -0.1) is 0 Å². The molecule has 37 heavy (non-hydrogen) atoms. The van der Waals surface area contributed by atoms with Gasteiger partial charge in [0, 0.05) is 31.5 Å². The number of rotatable bonds is 12. The summed E-state index contributed by atoms with van der Waals surface area (Å²) in [4.78, 5) is 23.6. The van der Waals surface area contributed by atoms with Crippen molar-refractivity contribution in [3.05, 3.63) is 58.6 Å². The number of halogens is 1. The molecule has 3 rings (SSSR count). The average Bonchev–Trinajstić information content (AvgIpc) is 2.89. The molecule has 2 aromatic carbocycles. The largest absolute Gasteiger partial charge is 0.489 e. The van der Waals surface area contributed by atoms with E-state index in [9.17, 15) is 14.7 Å². The Kier molecular flexibility index (Phi) is 9.85. The van der Waals surface area contributed by atoms with Crippen molar-refractivity contribution >= 4 is 29.1 Å². The highest BCUT2D eigenvalue weighted by Crippen LogP contribution is 2.26. The second-order valence-corrected chi connectivity index (χ2v) is 9.55. The number of carbonyl (C=O) groups is 2. The first-order valence-electron chi connectivity index (χ1n) is 11.8. The Balaban J connectivity index is 1.39. The number of hydrogen-bond donors (Lipinski definition) is 4. The first-order chi connectivity index (χ1) is 17.7. The Morgan fingerprint density at radius 2 is 2.03 bits per heavy atom. The first kappa shape index (κ1) is 27.9. The van der Waals surface area contributed by atoms with Crippen molar-refractivity contribution in [2.24, 2.45) is 5.10 Å². The van der Waals surface area contributed by atoms with Crippen molar-refractivity contribution in [1.29, 1.82) is 5.26 Å². The van der Waals surface area contributed by atoms with Gasteiger partial charge in [0.25, 0.3) is 5.91 Å². The molecule has 10 nitrogen and oxygen atoms in total. The predicted molar refractivity (Wildman–Crippen MR) is 139 cm³/mol. The number of aliphatic hydroxyl groups is 1. The monoisotopic (exact) mass is 527 g/mol. The number of carbonyl (C=O) groups excluding carboxylic acids is 2. The second kappa shape index (κ2) is 13.1. The average molecular weight is 528 g/mol. The highest BCUT2D eigenvalue weighted by Gasteiger charge is 2.21. The summed E-state index contributed by atoms with van der Waals surface area (Å²) < 4.78 is 11.1. The molecule has 1 unspecified atom stereocenters. The number of β-amino-alcohol motifs (C(OH)–C–C–N with tert-alkyl or cyclic N) is 1. The van der Waals surface area contributed by atoms with Crippen LogP contribution in [0.15, 0.2) is 47.6 Å². The Morgan fingerprint density at radius 1 is 1.24 bits per heavy atom. The number of nitrogens with one attached hydrogen (secondary N) is 3. The molecule has 196 valence electrons. The molecule has 0 saturated heterocycles. The number of hydrazone groups is 1. The van der Waals surface area contributed by atoms with Gasteiger partial charge < -0.3 is 25.2 Å². The summed E-state index contributed by atoms with van der Waals surface area (Å²) in [6.07, 6.45) is 0.0725. The third-order valence-corrected chi connectivity index (χ3v) is 5.81. The predicted octanol–water partition coefficient (Wildman–Crippen LogP) is 2.13. The SMILES string of the molecule is CC(C)(CNC(=O)COc1ccc(C2=NNC(=O)CC2)cc1Cl)NCC(O)COc1ccccc1C#N. The van der Waals surface area contributed by atoms with Crippen molar-refractivity contribution in [2.45, 2.75) is 38.3 Å². The van der Waals surface area contributed by atoms with Gasteiger partial charge >= 0.3 is 0 Å². The van der Waals surface area contributed by atoms with E-state index in [-0.39, 0.29) is 38.1 Å². The van der Waals surface area contributed by atoms with Crippen molar-refractivity contribution in [3.8, 4) is 17.6 Å². The summed E-state index contributed by atoms with van der Waals surface area (Å²) in [7, 11) is 0. The molecular formula is C26H30ClN5O5. The van der Waals surface area contributed by atoms with Gasteiger partial charge in [-0.25, -0.2) is 5.43 Å². The molecule has 11 heteroatoms. The van der Waals surface area contributed by atoms with Crippen LogP contribution in [0.5, 0.6) is 11.5 Å². The molecule has 0 aromatic heterocycles. The van der Waals surface area contributed by atoms with Gasteiger partial charge in [-0.1, -0.05) is 23.7 Å². The second-order valence-electron chi connectivity index (χ2n) is 9.14. The normalized spacial score (nSPS) is 14.1. The number of amides is 2. The van der Waals surface area contributed by atoms with E-state index in [1.165, 1.54) is 0 Å². The minimum atomic E-state index is -0.814. The number of benzene rings is 2. The number of hydrogen-bond acceptors (Lipinski definition) is 8. The Bertz CT molecular complexity index is 1190. The van der Waals surface area contributed by atoms with E-state index in [0.29, 0.717) is 34.9 Å². The van der Waals surface area contributed by atoms with Crippen molar-refractivity contribution in [2.75, 3.05) is 26.3 Å². The van der Waals surface area contributed by atoms with E-state index in [4.69, 9.17) is 26.3 Å². The molecule has 1 heterocycles. The van der Waals surface area contributed by atoms with Crippen LogP contribution in [0.3, 0.4) is 0 Å². The van der Waals surface area contributed by atoms with Crippen LogP contribution in [0, 0.1) is 11.3 Å². The minimum Gasteiger partial charge on any atom is -0.489 e. The van der Waals surface area contributed by atoms with E-state index < -0.39 is 11.6 Å². The molecule has 1 aliphatic rings. The Labute approximate surface area is 220 Å². The number of nitrogens with zero attached hydrogens (tertiary/aromatic N) is 2. The lowest BCUT2D eigenvalue weighted by Crippen LogP contribution is -2.52. The maximum Gasteiger partial charge on any atom is 0.258 e. The van der Waals surface area contributed by atoms with Crippen LogP contribution in [0.2, 0.25) is 5.02 Å². The lowest BCUT2D eigenvalue weighted by atomic mass is 10.0. The summed E-state index contributed by atoms with van der Waals surface area (Å²) in [6.45, 7) is 4.09. The van der Waals surface area contributed by atoms with Crippen LogP contribution in [0.4, 0.5) is 0 Å². The number of nitriles is 1. The molecule has 0 fully saturated rings. The fourth-order valence-corrected chi connectivity index (χ4v) is 3.62. The quantitative estimate of drug-likeness (QED) is 0.331. The molecule has 2 amide bonds. The summed E-state index contributed by atoms with van der Waals surface area (Å²) in [5.74, 6) is 0.329. The van der Waals surface area contributed by atoms with Crippen LogP contribution in [-0.4, -0.2) is 60.6 Å². The summed E-state index contributed by atoms with van der Waals surface area (Å²) in [5, 5.41) is 29.7. The third-order valence-electron chi connectivity index (χ3n) is 5.51. The lowest BCUT2D eigenvalue weighted by Gasteiger charge is -2.28. The number of para-hydroxylation sites is 1. The van der Waals surface area contributed by atoms with Crippen LogP contribution in [0.25, 0.3) is 0 Å². The van der Waals surface area contributed by atoms with Gasteiger partial charge in [0.05, 0.1) is 16.3 Å². The molecule has 0 saturated carbocycles. The maximum atomic E-state index is 12.3. The number of aliphatic hydroxyl groups excluding tert-OH is 1. The Morgan fingerprint density at radius 3 is 2.73 bits per heavy atom. The molecule has 1 aliphatic heterocycles. The minimum absolute atomic E-state index is 0.0174. The Hall–Kier alpha value is -3.65. The van der Waals surface area contributed by atoms with Crippen molar-refractivity contribution < 1.29 is 24.2 Å². The smallest absolute Gasteiger partial charge is 0.258 e. The molecule has 0 aliphatic carbocycles. The first-order valence-corrected chi connectivity index (χ1v) is 12.1. The van der Waals surface area contributed by atoms with Crippen LogP contribution in [-0.2, 0) is 9.59 Å². The van der Waals surface area contributed by atoms with Gasteiger partial charge in [-0.05, 0) is 49.7 Å². The molecule has 0 spiro atoms. The van der Waals surface area contributed by atoms with E-state index >= 15 is 0 Å². The molecule has 0 radical (unpaired) electrons. The molecule has 1 atom stereocenters. The third kappa shape index (κ3) is 8.75. The molecule has 4 N–H and O–H groups in total. The van der Waals surface area contributed by atoms with E-state index in [1.807, 2.05) is 19.9 Å². The summed E-state index contributed by atoms with van der Waals surface area (Å²) in [5.41, 5.74) is 3.83. The zero-order chi connectivity index (χ0) is 26.8. The van der Waals surface area contributed by atoms with Gasteiger partial charge in [-0.3, -0.25) is 9.59 Å². The summed E-state index contributed by atoms with van der Waals surface area (Å²) >= 11 is 6.30. The van der Waals surface area contributed by atoms with Crippen LogP contribution < -0.4 is 25.5 Å². The van der Waals surface area contributed by atoms with E-state index in [2.05, 4.69) is 21.2 Å². The van der Waals surface area contributed by atoms with Gasteiger partial charge in [0.2, 0.25) is 5.91 Å². The van der Waals surface area contributed by atoms with Crippen LogP contribution >= 0.6 is 11.6 Å². The fourth-order valence-electron chi connectivity index (χ4n) is 3.38. The van der Waals surface area contributed by atoms with Crippen molar-refractivity contribution in [1.82, 2.24) is 16.1 Å². The van der Waals surface area contributed by atoms with Gasteiger partial charge in [0.1, 0.15) is 30.3 Å². The number of ether oxygens (including phenoxy) is 2. The fraction of sp³-hybridized carbons (Fsp3) is 0.385. The topological polar surface area (TPSA) is 145 Å². The molecule has 2 aromatic rings. The van der Waals surface area contributed by atoms with Gasteiger partial charge in [-0.2, -0.15) is 10.4 Å². The van der Waals surface area contributed by atoms with Crippen molar-refractivity contribution in [3.63, 3.8) is 0 Å². The standard InChI is InChI=1S/C26H30ClN5O5/c1-26(2,30-13-19(33)14-36-22-6-4-3-5-18(22)12-28)16-29-25(35)15-37-23-9-7-17(11-20(23)27)21-8-10-24(34)32-31-21/h3-7,9,11,19,30,33H,8,10,13-16H2,1-2H3,(H,29,35)(H,32,34). The van der Waals surface area contributed by atoms with Crippen LogP contribution in [0.1, 0.15) is 37.8 Å². The summed E-state index contributed by atoms with van der Waals surface area (Å²) in [6, 6.07) is 14.0. The zero-order valence-electron chi connectivity index (χ0n) is 20.7.